The van der Waals surface area contributed by atoms with Crippen molar-refractivity contribution in [1.29, 1.82) is 0 Å². The Hall–Kier alpha value is -2.38. The lowest BCUT2D eigenvalue weighted by Gasteiger charge is -2.11. The van der Waals surface area contributed by atoms with E-state index in [0.29, 0.717) is 14.3 Å². The minimum atomic E-state index is 0.392. The van der Waals surface area contributed by atoms with Gasteiger partial charge >= 0.3 is 0 Å². The fraction of sp³-hybridized carbons (Fsp3) is 0.105. The maximum atomic E-state index is 10.3. The van der Waals surface area contributed by atoms with Gasteiger partial charge in [0, 0.05) is 23.3 Å². The highest BCUT2D eigenvalue weighted by atomic mass is 31.1. The van der Waals surface area contributed by atoms with Gasteiger partial charge in [-0.2, -0.15) is 5.10 Å². The van der Waals surface area contributed by atoms with E-state index in [4.69, 9.17) is 0 Å². The molecule has 0 radical (unpaired) electrons. The lowest BCUT2D eigenvalue weighted by atomic mass is 10.1. The molecule has 0 saturated carbocycles. The average Bonchev–Trinajstić information content (AvgIpc) is 3.04. The number of aromatic hydroxyl groups is 1. The molecule has 1 heterocycles. The average molecular weight is 322 g/mol. The SMILES string of the molecule is Cc1cc(C)c(O)c(Pc2ccccc2/C=N/n2cccc2)c1. The minimum absolute atomic E-state index is 0.392. The lowest BCUT2D eigenvalue weighted by Crippen LogP contribution is -2.10. The summed E-state index contributed by atoms with van der Waals surface area (Å²) in [6, 6.07) is 16.1. The number of aromatic nitrogens is 1. The van der Waals surface area contributed by atoms with Gasteiger partial charge in [0.1, 0.15) is 5.75 Å². The van der Waals surface area contributed by atoms with E-state index in [0.717, 1.165) is 16.4 Å². The number of hydrogen-bond acceptors (Lipinski definition) is 2. The highest BCUT2D eigenvalue weighted by Gasteiger charge is 2.08. The van der Waals surface area contributed by atoms with Gasteiger partial charge in [-0.1, -0.05) is 38.9 Å². The third kappa shape index (κ3) is 3.69. The zero-order chi connectivity index (χ0) is 16.2. The first-order valence-corrected chi connectivity index (χ1v) is 8.47. The maximum absolute atomic E-state index is 10.3. The number of phenolic OH excluding ortho intramolecular Hbond substituents is 1. The Bertz CT molecular complexity index is 839. The predicted molar refractivity (Wildman–Crippen MR) is 99.0 cm³/mol. The molecule has 1 N–H and O–H groups in total. The predicted octanol–water partition coefficient (Wildman–Crippen LogP) is 3.32. The van der Waals surface area contributed by atoms with Crippen LogP contribution in [0.4, 0.5) is 0 Å². The molecule has 116 valence electrons. The largest absolute Gasteiger partial charge is 0.507 e. The Kier molecular flexibility index (Phi) is 4.59. The van der Waals surface area contributed by atoms with E-state index in [1.807, 2.05) is 55.9 Å². The molecule has 0 spiro atoms. The van der Waals surface area contributed by atoms with Crippen molar-refractivity contribution in [2.45, 2.75) is 13.8 Å². The molecule has 2 aromatic carbocycles. The van der Waals surface area contributed by atoms with Crippen molar-refractivity contribution >= 4 is 25.4 Å². The quantitative estimate of drug-likeness (QED) is 0.581. The van der Waals surface area contributed by atoms with Gasteiger partial charge in [-0.25, -0.2) is 4.68 Å². The van der Waals surface area contributed by atoms with Crippen molar-refractivity contribution in [2.75, 3.05) is 0 Å². The van der Waals surface area contributed by atoms with Crippen molar-refractivity contribution in [3.8, 4) is 5.75 Å². The van der Waals surface area contributed by atoms with Gasteiger partial charge in [-0.05, 0) is 48.5 Å². The first-order chi connectivity index (χ1) is 11.1. The van der Waals surface area contributed by atoms with Gasteiger partial charge in [0.05, 0.1) is 6.21 Å². The summed E-state index contributed by atoms with van der Waals surface area (Å²) in [6.45, 7) is 4.00. The molecular formula is C19H19N2OP. The molecule has 3 nitrogen and oxygen atoms in total. The van der Waals surface area contributed by atoms with E-state index in [2.05, 4.69) is 30.2 Å². The molecule has 0 amide bonds. The fourth-order valence-electron chi connectivity index (χ4n) is 2.46. The van der Waals surface area contributed by atoms with Gasteiger partial charge in [0.25, 0.3) is 0 Å². The zero-order valence-electron chi connectivity index (χ0n) is 13.2. The summed E-state index contributed by atoms with van der Waals surface area (Å²) < 4.78 is 1.77. The molecule has 23 heavy (non-hydrogen) atoms. The highest BCUT2D eigenvalue weighted by molar-refractivity contribution is 7.56. The molecule has 1 unspecified atom stereocenters. The van der Waals surface area contributed by atoms with Crippen LogP contribution in [0, 0.1) is 13.8 Å². The van der Waals surface area contributed by atoms with Crippen LogP contribution in [-0.2, 0) is 0 Å². The molecular weight excluding hydrogens is 303 g/mol. The Balaban J connectivity index is 1.92. The van der Waals surface area contributed by atoms with E-state index in [-0.39, 0.29) is 0 Å². The number of phenols is 1. The minimum Gasteiger partial charge on any atom is -0.507 e. The third-order valence-corrected chi connectivity index (χ3v) is 4.97. The van der Waals surface area contributed by atoms with E-state index < -0.39 is 0 Å². The number of hydrogen-bond donors (Lipinski definition) is 1. The van der Waals surface area contributed by atoms with Crippen LogP contribution in [0.1, 0.15) is 16.7 Å². The van der Waals surface area contributed by atoms with E-state index in [1.165, 1.54) is 10.9 Å². The Labute approximate surface area is 138 Å². The van der Waals surface area contributed by atoms with Crippen LogP contribution in [0.25, 0.3) is 0 Å². The Morgan fingerprint density at radius 2 is 1.74 bits per heavy atom. The molecule has 1 aromatic heterocycles. The van der Waals surface area contributed by atoms with Crippen LogP contribution in [0.15, 0.2) is 66.0 Å². The van der Waals surface area contributed by atoms with Crippen molar-refractivity contribution < 1.29 is 5.11 Å². The van der Waals surface area contributed by atoms with Gasteiger partial charge in [0.2, 0.25) is 0 Å². The lowest BCUT2D eigenvalue weighted by molar-refractivity contribution is 0.475. The summed E-state index contributed by atoms with van der Waals surface area (Å²) in [5.41, 5.74) is 3.16. The zero-order valence-corrected chi connectivity index (χ0v) is 14.2. The van der Waals surface area contributed by atoms with E-state index in [1.54, 1.807) is 4.68 Å². The monoisotopic (exact) mass is 322 g/mol. The molecule has 0 aliphatic heterocycles. The summed E-state index contributed by atoms with van der Waals surface area (Å²) in [4.78, 5) is 0. The van der Waals surface area contributed by atoms with Crippen LogP contribution in [0.5, 0.6) is 5.75 Å². The fourth-order valence-corrected chi connectivity index (χ4v) is 3.83. The third-order valence-electron chi connectivity index (χ3n) is 3.59. The highest BCUT2D eigenvalue weighted by Crippen LogP contribution is 2.24. The molecule has 3 aromatic rings. The van der Waals surface area contributed by atoms with Crippen LogP contribution < -0.4 is 10.6 Å². The molecule has 4 heteroatoms. The molecule has 0 saturated heterocycles. The summed E-state index contributed by atoms with van der Waals surface area (Å²) in [5.74, 6) is 0.395. The first kappa shape index (κ1) is 15.5. The Morgan fingerprint density at radius 1 is 1.00 bits per heavy atom. The normalized spacial score (nSPS) is 11.7. The summed E-state index contributed by atoms with van der Waals surface area (Å²) in [5, 5.41) is 16.9. The number of aryl methyl sites for hydroxylation is 2. The standard InChI is InChI=1S/C19H19N2OP/c1-14-11-15(2)19(22)18(12-14)23-17-8-4-3-7-16(17)13-20-21-9-5-6-10-21/h3-13,22-23H,1-2H3/b20-13+. The van der Waals surface area contributed by atoms with Gasteiger partial charge in [-0.15, -0.1) is 0 Å². The van der Waals surface area contributed by atoms with Crippen molar-refractivity contribution in [1.82, 2.24) is 4.68 Å². The van der Waals surface area contributed by atoms with Gasteiger partial charge in [0.15, 0.2) is 0 Å². The van der Waals surface area contributed by atoms with Crippen molar-refractivity contribution in [2.24, 2.45) is 5.10 Å². The van der Waals surface area contributed by atoms with Gasteiger partial charge in [-0.3, -0.25) is 0 Å². The van der Waals surface area contributed by atoms with Crippen molar-refractivity contribution in [3.63, 3.8) is 0 Å². The molecule has 3 rings (SSSR count). The van der Waals surface area contributed by atoms with Crippen LogP contribution in [-0.4, -0.2) is 16.0 Å². The Morgan fingerprint density at radius 3 is 2.52 bits per heavy atom. The van der Waals surface area contributed by atoms with Crippen LogP contribution >= 0.6 is 8.58 Å². The number of benzene rings is 2. The molecule has 0 fully saturated rings. The molecule has 1 atom stereocenters. The van der Waals surface area contributed by atoms with Gasteiger partial charge < -0.3 is 5.11 Å². The van der Waals surface area contributed by atoms with E-state index in [9.17, 15) is 5.11 Å². The molecule has 0 bridgehead atoms. The molecule has 0 aliphatic carbocycles. The number of nitrogens with zero attached hydrogens (tertiary/aromatic N) is 2. The van der Waals surface area contributed by atoms with Crippen LogP contribution in [0.3, 0.4) is 0 Å². The van der Waals surface area contributed by atoms with Crippen LogP contribution in [0.2, 0.25) is 0 Å². The maximum Gasteiger partial charge on any atom is 0.126 e. The van der Waals surface area contributed by atoms with E-state index >= 15 is 0 Å². The van der Waals surface area contributed by atoms with Crippen molar-refractivity contribution in [3.05, 3.63) is 77.6 Å². The summed E-state index contributed by atoms with van der Waals surface area (Å²) in [7, 11) is 0.392. The topological polar surface area (TPSA) is 37.5 Å². The summed E-state index contributed by atoms with van der Waals surface area (Å²) in [6.07, 6.45) is 5.66. The second kappa shape index (κ2) is 6.80. The number of rotatable bonds is 4. The summed E-state index contributed by atoms with van der Waals surface area (Å²) >= 11 is 0. The molecule has 0 aliphatic rings. The second-order valence-electron chi connectivity index (χ2n) is 5.50. The first-order valence-electron chi connectivity index (χ1n) is 7.47. The smallest absolute Gasteiger partial charge is 0.126 e. The second-order valence-corrected chi connectivity index (χ2v) is 6.83.